The molecule has 19 heavy (non-hydrogen) atoms. The average molecular weight is 264 g/mol. The summed E-state index contributed by atoms with van der Waals surface area (Å²) in [6, 6.07) is 9.45. The summed E-state index contributed by atoms with van der Waals surface area (Å²) in [5.74, 6) is 0. The third kappa shape index (κ3) is 4.89. The van der Waals surface area contributed by atoms with Crippen molar-refractivity contribution in [3.8, 4) is 0 Å². The Kier molecular flexibility index (Phi) is 5.18. The summed E-state index contributed by atoms with van der Waals surface area (Å²) in [4.78, 5) is 16.7. The Morgan fingerprint density at radius 3 is 2.58 bits per heavy atom. The molecule has 5 nitrogen and oxygen atoms in total. The van der Waals surface area contributed by atoms with Gasteiger partial charge in [0.25, 0.3) is 0 Å². The maximum Gasteiger partial charge on any atom is 0.338 e. The second kappa shape index (κ2) is 7.11. The van der Waals surface area contributed by atoms with E-state index in [1.807, 2.05) is 30.3 Å². The summed E-state index contributed by atoms with van der Waals surface area (Å²) in [5, 5.41) is 12.2. The van der Waals surface area contributed by atoms with Gasteiger partial charge in [0.15, 0.2) is 0 Å². The molecule has 2 amide bonds. The van der Waals surface area contributed by atoms with E-state index in [1.165, 1.54) is 0 Å². The van der Waals surface area contributed by atoms with Gasteiger partial charge in [-0.05, 0) is 31.2 Å². The zero-order valence-corrected chi connectivity index (χ0v) is 10.8. The maximum atomic E-state index is 11.6. The smallest absolute Gasteiger partial charge is 0.338 e. The molecule has 0 aliphatic heterocycles. The number of hydrogen-bond donors (Lipinski definition) is 3. The van der Waals surface area contributed by atoms with E-state index in [0.717, 1.165) is 31.2 Å². The van der Waals surface area contributed by atoms with Crippen molar-refractivity contribution in [1.82, 2.24) is 10.8 Å². The lowest BCUT2D eigenvalue weighted by molar-refractivity contribution is 0.0463. The molecular formula is C14H20N2O3. The van der Waals surface area contributed by atoms with Gasteiger partial charge in [0, 0.05) is 6.04 Å². The van der Waals surface area contributed by atoms with E-state index in [9.17, 15) is 9.90 Å². The molecule has 0 aromatic heterocycles. The van der Waals surface area contributed by atoms with Gasteiger partial charge in [-0.2, -0.15) is 0 Å². The molecule has 1 aliphatic carbocycles. The van der Waals surface area contributed by atoms with Crippen molar-refractivity contribution in [3.63, 3.8) is 0 Å². The topological polar surface area (TPSA) is 70.6 Å². The van der Waals surface area contributed by atoms with Crippen molar-refractivity contribution in [3.05, 3.63) is 35.9 Å². The summed E-state index contributed by atoms with van der Waals surface area (Å²) in [5.41, 5.74) is 3.38. The number of aliphatic hydroxyl groups excluding tert-OH is 1. The van der Waals surface area contributed by atoms with Crippen molar-refractivity contribution >= 4 is 6.03 Å². The highest BCUT2D eigenvalue weighted by atomic mass is 16.7. The van der Waals surface area contributed by atoms with Crippen LogP contribution in [0.1, 0.15) is 31.2 Å². The lowest BCUT2D eigenvalue weighted by atomic mass is 9.93. The molecule has 1 fully saturated rings. The highest BCUT2D eigenvalue weighted by molar-refractivity contribution is 5.73. The zero-order chi connectivity index (χ0) is 13.5. The SMILES string of the molecule is O=C(NOCc1ccccc1)NC1CCC(O)CC1. The Labute approximate surface area is 112 Å². The van der Waals surface area contributed by atoms with Gasteiger partial charge in [-0.1, -0.05) is 30.3 Å². The third-order valence-electron chi connectivity index (χ3n) is 3.28. The van der Waals surface area contributed by atoms with Crippen LogP contribution in [0.2, 0.25) is 0 Å². The maximum absolute atomic E-state index is 11.6. The van der Waals surface area contributed by atoms with Crippen LogP contribution in [0.4, 0.5) is 4.79 Å². The molecule has 3 N–H and O–H groups in total. The molecule has 0 saturated heterocycles. The summed E-state index contributed by atoms with van der Waals surface area (Å²) in [7, 11) is 0. The van der Waals surface area contributed by atoms with Crippen LogP contribution >= 0.6 is 0 Å². The number of amides is 2. The third-order valence-corrected chi connectivity index (χ3v) is 3.28. The molecule has 0 radical (unpaired) electrons. The van der Waals surface area contributed by atoms with Crippen LogP contribution in [0, 0.1) is 0 Å². The van der Waals surface area contributed by atoms with Gasteiger partial charge in [-0.15, -0.1) is 0 Å². The number of aliphatic hydroxyl groups is 1. The molecule has 0 bridgehead atoms. The normalized spacial score (nSPS) is 22.8. The van der Waals surface area contributed by atoms with Crippen molar-refractivity contribution in [2.45, 2.75) is 44.4 Å². The number of hydroxylamine groups is 1. The molecule has 1 saturated carbocycles. The molecule has 5 heteroatoms. The van der Waals surface area contributed by atoms with Gasteiger partial charge in [0.1, 0.15) is 0 Å². The predicted octanol–water partition coefficient (Wildman–Crippen LogP) is 1.72. The van der Waals surface area contributed by atoms with Gasteiger partial charge in [0.05, 0.1) is 12.7 Å². The highest BCUT2D eigenvalue weighted by Crippen LogP contribution is 2.17. The van der Waals surface area contributed by atoms with Crippen LogP contribution in [-0.2, 0) is 11.4 Å². The Bertz CT molecular complexity index is 389. The molecule has 1 aromatic rings. The van der Waals surface area contributed by atoms with Gasteiger partial charge in [-0.25, -0.2) is 10.3 Å². The first-order valence-corrected chi connectivity index (χ1v) is 6.64. The van der Waals surface area contributed by atoms with E-state index in [0.29, 0.717) is 6.61 Å². The summed E-state index contributed by atoms with van der Waals surface area (Å²) in [6.07, 6.45) is 2.90. The second-order valence-electron chi connectivity index (χ2n) is 4.86. The fraction of sp³-hybridized carbons (Fsp3) is 0.500. The van der Waals surface area contributed by atoms with Crippen LogP contribution < -0.4 is 10.8 Å². The molecular weight excluding hydrogens is 244 g/mol. The van der Waals surface area contributed by atoms with E-state index in [4.69, 9.17) is 4.84 Å². The number of nitrogens with one attached hydrogen (secondary N) is 2. The Hall–Kier alpha value is -1.59. The van der Waals surface area contributed by atoms with Crippen LogP contribution in [0.15, 0.2) is 30.3 Å². The van der Waals surface area contributed by atoms with E-state index < -0.39 is 0 Å². The number of benzene rings is 1. The Balaban J connectivity index is 1.62. The molecule has 0 unspecified atom stereocenters. The molecule has 104 valence electrons. The van der Waals surface area contributed by atoms with Crippen molar-refractivity contribution in [2.24, 2.45) is 0 Å². The lowest BCUT2D eigenvalue weighted by Crippen LogP contribution is -2.44. The highest BCUT2D eigenvalue weighted by Gasteiger charge is 2.20. The predicted molar refractivity (Wildman–Crippen MR) is 71.2 cm³/mol. The summed E-state index contributed by atoms with van der Waals surface area (Å²) < 4.78 is 0. The van der Waals surface area contributed by atoms with Gasteiger partial charge < -0.3 is 10.4 Å². The molecule has 0 heterocycles. The minimum absolute atomic E-state index is 0.128. The first kappa shape index (κ1) is 13.8. The minimum Gasteiger partial charge on any atom is -0.393 e. The largest absolute Gasteiger partial charge is 0.393 e. The fourth-order valence-corrected chi connectivity index (χ4v) is 2.19. The molecule has 0 spiro atoms. The van der Waals surface area contributed by atoms with E-state index in [2.05, 4.69) is 10.8 Å². The standard InChI is InChI=1S/C14H20N2O3/c17-13-8-6-12(7-9-13)15-14(18)16-19-10-11-4-2-1-3-5-11/h1-5,12-13,17H,6-10H2,(H2,15,16,18). The molecule has 0 atom stereocenters. The number of urea groups is 1. The van der Waals surface area contributed by atoms with Crippen LogP contribution in [0.3, 0.4) is 0 Å². The first-order valence-electron chi connectivity index (χ1n) is 6.64. The quantitative estimate of drug-likeness (QED) is 0.725. The Morgan fingerprint density at radius 2 is 1.89 bits per heavy atom. The lowest BCUT2D eigenvalue weighted by Gasteiger charge is -2.26. The van der Waals surface area contributed by atoms with Crippen LogP contribution in [-0.4, -0.2) is 23.3 Å². The zero-order valence-electron chi connectivity index (χ0n) is 10.8. The van der Waals surface area contributed by atoms with Crippen molar-refractivity contribution < 1.29 is 14.7 Å². The summed E-state index contributed by atoms with van der Waals surface area (Å²) >= 11 is 0. The number of rotatable bonds is 4. The van der Waals surface area contributed by atoms with E-state index in [-0.39, 0.29) is 18.2 Å². The van der Waals surface area contributed by atoms with E-state index >= 15 is 0 Å². The minimum atomic E-state index is -0.322. The number of hydrogen-bond acceptors (Lipinski definition) is 3. The van der Waals surface area contributed by atoms with E-state index in [1.54, 1.807) is 0 Å². The van der Waals surface area contributed by atoms with Gasteiger partial charge in [0.2, 0.25) is 0 Å². The van der Waals surface area contributed by atoms with Crippen molar-refractivity contribution in [1.29, 1.82) is 0 Å². The molecule has 2 rings (SSSR count). The molecule has 1 aromatic carbocycles. The molecule has 1 aliphatic rings. The average Bonchev–Trinajstić information content (AvgIpc) is 2.43. The van der Waals surface area contributed by atoms with Gasteiger partial charge in [-0.3, -0.25) is 4.84 Å². The number of carbonyl (C=O) groups is 1. The monoisotopic (exact) mass is 264 g/mol. The van der Waals surface area contributed by atoms with Crippen LogP contribution in [0.5, 0.6) is 0 Å². The van der Waals surface area contributed by atoms with Gasteiger partial charge >= 0.3 is 6.03 Å². The summed E-state index contributed by atoms with van der Waals surface area (Å²) in [6.45, 7) is 0.345. The number of carbonyl (C=O) groups excluding carboxylic acids is 1. The fourth-order valence-electron chi connectivity index (χ4n) is 2.19. The Morgan fingerprint density at radius 1 is 1.21 bits per heavy atom. The van der Waals surface area contributed by atoms with Crippen LogP contribution in [0.25, 0.3) is 0 Å². The first-order chi connectivity index (χ1) is 9.24. The second-order valence-corrected chi connectivity index (χ2v) is 4.86. The van der Waals surface area contributed by atoms with Crippen molar-refractivity contribution in [2.75, 3.05) is 0 Å².